The van der Waals surface area contributed by atoms with Gasteiger partial charge in [0.15, 0.2) is 0 Å². The molecule has 28 heavy (non-hydrogen) atoms. The van der Waals surface area contributed by atoms with E-state index >= 15 is 0 Å². The van der Waals surface area contributed by atoms with Crippen molar-refractivity contribution in [1.82, 2.24) is 10.2 Å². The van der Waals surface area contributed by atoms with E-state index in [1.165, 1.54) is 5.56 Å². The summed E-state index contributed by atoms with van der Waals surface area (Å²) in [6, 6.07) is 19.5. The average molecular weight is 379 g/mol. The Balaban J connectivity index is 1.68. The summed E-state index contributed by atoms with van der Waals surface area (Å²) >= 11 is 0. The number of nitrogens with one attached hydrogen (secondary N) is 1. The number of likely N-dealkylation sites (tertiary alicyclic amines) is 1. The Morgan fingerprint density at radius 3 is 2.11 bits per heavy atom. The van der Waals surface area contributed by atoms with E-state index in [1.807, 2.05) is 55.1 Å². The van der Waals surface area contributed by atoms with Gasteiger partial charge in [0.1, 0.15) is 6.04 Å². The van der Waals surface area contributed by atoms with Crippen LogP contribution >= 0.6 is 0 Å². The van der Waals surface area contributed by atoms with E-state index in [9.17, 15) is 9.59 Å². The molecule has 0 aliphatic carbocycles. The van der Waals surface area contributed by atoms with Crippen LogP contribution in [0.4, 0.5) is 0 Å². The Morgan fingerprint density at radius 2 is 1.54 bits per heavy atom. The second-order valence-corrected chi connectivity index (χ2v) is 8.02. The molecule has 1 unspecified atom stereocenters. The number of piperidine rings is 1. The maximum absolute atomic E-state index is 13.3. The number of hydrogen-bond acceptors (Lipinski definition) is 2. The van der Waals surface area contributed by atoms with E-state index < -0.39 is 6.04 Å². The molecule has 4 heteroatoms. The monoisotopic (exact) mass is 378 g/mol. The van der Waals surface area contributed by atoms with Crippen LogP contribution in [0.1, 0.15) is 56.2 Å². The molecule has 148 valence electrons. The van der Waals surface area contributed by atoms with E-state index in [-0.39, 0.29) is 17.7 Å². The number of nitrogens with zero attached hydrogens (tertiary/aromatic N) is 1. The quantitative estimate of drug-likeness (QED) is 0.815. The zero-order valence-corrected chi connectivity index (χ0v) is 16.8. The number of carbonyl (C=O) groups is 2. The van der Waals surface area contributed by atoms with Crippen molar-refractivity contribution in [2.75, 3.05) is 13.1 Å². The van der Waals surface area contributed by atoms with Crippen molar-refractivity contribution in [3.05, 3.63) is 71.8 Å². The predicted molar refractivity (Wildman–Crippen MR) is 112 cm³/mol. The largest absolute Gasteiger partial charge is 0.341 e. The summed E-state index contributed by atoms with van der Waals surface area (Å²) in [5.41, 5.74) is 2.19. The molecule has 2 aromatic rings. The standard InChI is InChI=1S/C24H30N2O2/c1-18(2)17-22(27)25-23(21-11-7-4-8-12-21)24(28)26-15-13-20(14-16-26)19-9-5-3-6-10-19/h3-12,18,20,23H,13-17H2,1-2H3,(H,25,27). The molecule has 1 N–H and O–H groups in total. The molecule has 0 radical (unpaired) electrons. The van der Waals surface area contributed by atoms with Gasteiger partial charge in [-0.05, 0) is 35.8 Å². The Morgan fingerprint density at radius 1 is 0.964 bits per heavy atom. The third kappa shape index (κ3) is 5.22. The van der Waals surface area contributed by atoms with Gasteiger partial charge in [0, 0.05) is 19.5 Å². The number of amides is 2. The summed E-state index contributed by atoms with van der Waals surface area (Å²) < 4.78 is 0. The van der Waals surface area contributed by atoms with E-state index in [0.29, 0.717) is 12.3 Å². The third-order valence-corrected chi connectivity index (χ3v) is 5.36. The van der Waals surface area contributed by atoms with Gasteiger partial charge in [0.25, 0.3) is 0 Å². The van der Waals surface area contributed by atoms with Gasteiger partial charge >= 0.3 is 0 Å². The first-order chi connectivity index (χ1) is 13.5. The van der Waals surface area contributed by atoms with Crippen molar-refractivity contribution < 1.29 is 9.59 Å². The fourth-order valence-electron chi connectivity index (χ4n) is 3.86. The van der Waals surface area contributed by atoms with Gasteiger partial charge in [-0.2, -0.15) is 0 Å². The van der Waals surface area contributed by atoms with Crippen molar-refractivity contribution in [2.24, 2.45) is 5.92 Å². The molecule has 1 fully saturated rings. The second-order valence-electron chi connectivity index (χ2n) is 8.02. The summed E-state index contributed by atoms with van der Waals surface area (Å²) in [6.07, 6.45) is 2.33. The zero-order valence-electron chi connectivity index (χ0n) is 16.8. The molecule has 4 nitrogen and oxygen atoms in total. The number of carbonyl (C=O) groups excluding carboxylic acids is 2. The molecule has 2 aromatic carbocycles. The Labute approximate surface area is 167 Å². The van der Waals surface area contributed by atoms with Crippen molar-refractivity contribution in [3.63, 3.8) is 0 Å². The highest BCUT2D eigenvalue weighted by atomic mass is 16.2. The topological polar surface area (TPSA) is 49.4 Å². The lowest BCUT2D eigenvalue weighted by Crippen LogP contribution is -2.46. The summed E-state index contributed by atoms with van der Waals surface area (Å²) in [4.78, 5) is 27.6. The van der Waals surface area contributed by atoms with Crippen LogP contribution in [0.3, 0.4) is 0 Å². The van der Waals surface area contributed by atoms with Gasteiger partial charge in [-0.3, -0.25) is 9.59 Å². The molecule has 1 aliphatic rings. The average Bonchev–Trinajstić information content (AvgIpc) is 2.72. The first kappa shape index (κ1) is 20.1. The summed E-state index contributed by atoms with van der Waals surface area (Å²) in [7, 11) is 0. The molecule has 3 rings (SSSR count). The van der Waals surface area contributed by atoms with E-state index in [2.05, 4.69) is 29.6 Å². The summed E-state index contributed by atoms with van der Waals surface area (Å²) in [6.45, 7) is 5.46. The molecule has 1 atom stereocenters. The minimum Gasteiger partial charge on any atom is -0.341 e. The Bertz CT molecular complexity index is 766. The molecule has 1 heterocycles. The molecule has 0 spiro atoms. The zero-order chi connectivity index (χ0) is 19.9. The number of benzene rings is 2. The highest BCUT2D eigenvalue weighted by Gasteiger charge is 2.30. The molecular weight excluding hydrogens is 348 g/mol. The number of rotatable bonds is 6. The van der Waals surface area contributed by atoms with Crippen LogP contribution in [0.5, 0.6) is 0 Å². The molecule has 2 amide bonds. The molecular formula is C24H30N2O2. The van der Waals surface area contributed by atoms with E-state index in [1.54, 1.807) is 0 Å². The van der Waals surface area contributed by atoms with Gasteiger partial charge in [-0.1, -0.05) is 74.5 Å². The van der Waals surface area contributed by atoms with Gasteiger partial charge in [0.2, 0.25) is 11.8 Å². The van der Waals surface area contributed by atoms with E-state index in [4.69, 9.17) is 0 Å². The molecule has 1 aliphatic heterocycles. The number of hydrogen-bond donors (Lipinski definition) is 1. The summed E-state index contributed by atoms with van der Waals surface area (Å²) in [5, 5.41) is 2.97. The van der Waals surface area contributed by atoms with Crippen molar-refractivity contribution in [1.29, 1.82) is 0 Å². The van der Waals surface area contributed by atoms with Gasteiger partial charge in [-0.15, -0.1) is 0 Å². The van der Waals surface area contributed by atoms with Crippen LogP contribution in [0.25, 0.3) is 0 Å². The highest BCUT2D eigenvalue weighted by Crippen LogP contribution is 2.29. The fourth-order valence-corrected chi connectivity index (χ4v) is 3.86. The third-order valence-electron chi connectivity index (χ3n) is 5.36. The smallest absolute Gasteiger partial charge is 0.249 e. The van der Waals surface area contributed by atoms with Crippen LogP contribution in [-0.2, 0) is 9.59 Å². The van der Waals surface area contributed by atoms with Crippen LogP contribution in [-0.4, -0.2) is 29.8 Å². The fraction of sp³-hybridized carbons (Fsp3) is 0.417. The second kappa shape index (κ2) is 9.54. The maximum Gasteiger partial charge on any atom is 0.249 e. The van der Waals surface area contributed by atoms with Crippen molar-refractivity contribution >= 4 is 11.8 Å². The van der Waals surface area contributed by atoms with Crippen LogP contribution in [0.15, 0.2) is 60.7 Å². The Kier molecular flexibility index (Phi) is 6.85. The SMILES string of the molecule is CC(C)CC(=O)NC(C(=O)N1CCC(c2ccccc2)CC1)c1ccccc1. The first-order valence-corrected chi connectivity index (χ1v) is 10.2. The summed E-state index contributed by atoms with van der Waals surface area (Å²) in [5.74, 6) is 0.676. The molecule has 0 saturated carbocycles. The lowest BCUT2D eigenvalue weighted by atomic mass is 9.89. The molecule has 0 aromatic heterocycles. The normalized spacial score (nSPS) is 16.0. The maximum atomic E-state index is 13.3. The van der Waals surface area contributed by atoms with Crippen LogP contribution in [0, 0.1) is 5.92 Å². The lowest BCUT2D eigenvalue weighted by molar-refractivity contribution is -0.137. The van der Waals surface area contributed by atoms with Gasteiger partial charge < -0.3 is 10.2 Å². The van der Waals surface area contributed by atoms with Crippen LogP contribution < -0.4 is 5.32 Å². The van der Waals surface area contributed by atoms with Crippen molar-refractivity contribution in [2.45, 2.75) is 45.1 Å². The first-order valence-electron chi connectivity index (χ1n) is 10.2. The van der Waals surface area contributed by atoms with Crippen LogP contribution in [0.2, 0.25) is 0 Å². The minimum atomic E-state index is -0.610. The molecule has 1 saturated heterocycles. The Hall–Kier alpha value is -2.62. The predicted octanol–water partition coefficient (Wildman–Crippen LogP) is 4.30. The van der Waals surface area contributed by atoms with Crippen molar-refractivity contribution in [3.8, 4) is 0 Å². The van der Waals surface area contributed by atoms with Gasteiger partial charge in [0.05, 0.1) is 0 Å². The molecule has 0 bridgehead atoms. The lowest BCUT2D eigenvalue weighted by Gasteiger charge is -2.35. The highest BCUT2D eigenvalue weighted by molar-refractivity contribution is 5.88. The van der Waals surface area contributed by atoms with Gasteiger partial charge in [-0.25, -0.2) is 0 Å². The van der Waals surface area contributed by atoms with E-state index in [0.717, 1.165) is 31.5 Å². The minimum absolute atomic E-state index is 0.00480.